The Labute approximate surface area is 179 Å². The van der Waals surface area contributed by atoms with Crippen molar-refractivity contribution >= 4 is 0 Å². The Morgan fingerprint density at radius 2 is 0.774 bits per heavy atom. The van der Waals surface area contributed by atoms with E-state index < -0.39 is 0 Å². The maximum Gasteiger partial charge on any atom is 0.248 e. The summed E-state index contributed by atoms with van der Waals surface area (Å²) in [6.45, 7) is 0. The van der Waals surface area contributed by atoms with E-state index in [0.29, 0.717) is 11.8 Å². The molecule has 0 aliphatic heterocycles. The third-order valence-corrected chi connectivity index (χ3v) is 4.59. The van der Waals surface area contributed by atoms with Gasteiger partial charge < -0.3 is 13.9 Å². The molecule has 31 heavy (non-hydrogen) atoms. The fraction of sp³-hybridized carbons (Fsp3) is 0. The topological polar surface area (TPSA) is 57.4 Å². The average molecular weight is 406 g/mol. The van der Waals surface area contributed by atoms with E-state index in [9.17, 15) is 0 Å². The number of hydrogen-bond acceptors (Lipinski definition) is 5. The van der Waals surface area contributed by atoms with Crippen molar-refractivity contribution < 1.29 is 13.9 Å². The standard InChI is InChI=1S/C26H18N2O3/c1-3-7-21(8-4-1)29-23-15-11-19(12-16-23)25-27-28-26(31-25)20-13-17-24(18-14-20)30-22-9-5-2-6-10-22/h1-18H. The second-order valence-corrected chi connectivity index (χ2v) is 6.79. The molecule has 0 N–H and O–H groups in total. The highest BCUT2D eigenvalue weighted by Gasteiger charge is 2.11. The molecule has 0 saturated heterocycles. The predicted octanol–water partition coefficient (Wildman–Crippen LogP) is 6.99. The van der Waals surface area contributed by atoms with Gasteiger partial charge in [-0.1, -0.05) is 36.4 Å². The lowest BCUT2D eigenvalue weighted by molar-refractivity contribution is 0.482. The Bertz CT molecular complexity index is 1150. The van der Waals surface area contributed by atoms with Crippen molar-refractivity contribution in [2.75, 3.05) is 0 Å². The largest absolute Gasteiger partial charge is 0.457 e. The minimum atomic E-state index is 0.450. The normalized spacial score (nSPS) is 10.6. The lowest BCUT2D eigenvalue weighted by Crippen LogP contribution is -1.84. The second-order valence-electron chi connectivity index (χ2n) is 6.79. The fourth-order valence-corrected chi connectivity index (χ4v) is 3.04. The summed E-state index contributed by atoms with van der Waals surface area (Å²) in [5.41, 5.74) is 1.64. The molecule has 1 aromatic heterocycles. The molecule has 5 heteroatoms. The van der Waals surface area contributed by atoms with Crippen LogP contribution in [0.1, 0.15) is 0 Å². The average Bonchev–Trinajstić information content (AvgIpc) is 3.32. The Kier molecular flexibility index (Phi) is 5.14. The molecule has 0 radical (unpaired) electrons. The van der Waals surface area contributed by atoms with Gasteiger partial charge in [0, 0.05) is 11.1 Å². The molecule has 0 atom stereocenters. The number of hydrogen-bond donors (Lipinski definition) is 0. The zero-order valence-corrected chi connectivity index (χ0v) is 16.5. The van der Waals surface area contributed by atoms with Gasteiger partial charge in [0.2, 0.25) is 11.8 Å². The number of nitrogens with zero attached hydrogens (tertiary/aromatic N) is 2. The highest BCUT2D eigenvalue weighted by atomic mass is 16.5. The molecule has 0 unspecified atom stereocenters. The van der Waals surface area contributed by atoms with Gasteiger partial charge in [0.05, 0.1) is 0 Å². The van der Waals surface area contributed by atoms with E-state index in [0.717, 1.165) is 34.1 Å². The van der Waals surface area contributed by atoms with E-state index in [1.807, 2.05) is 109 Å². The molecule has 0 fully saturated rings. The molecule has 0 aliphatic carbocycles. The van der Waals surface area contributed by atoms with Crippen LogP contribution in [-0.2, 0) is 0 Å². The van der Waals surface area contributed by atoms with Crippen molar-refractivity contribution in [1.29, 1.82) is 0 Å². The number of aromatic nitrogens is 2. The summed E-state index contributed by atoms with van der Waals surface area (Å²) in [4.78, 5) is 0. The molecule has 5 nitrogen and oxygen atoms in total. The van der Waals surface area contributed by atoms with Crippen LogP contribution in [-0.4, -0.2) is 10.2 Å². The summed E-state index contributed by atoms with van der Waals surface area (Å²) in [6.07, 6.45) is 0. The first kappa shape index (κ1) is 18.6. The Balaban J connectivity index is 1.28. The summed E-state index contributed by atoms with van der Waals surface area (Å²) in [5.74, 6) is 3.95. The number of para-hydroxylation sites is 2. The van der Waals surface area contributed by atoms with E-state index >= 15 is 0 Å². The van der Waals surface area contributed by atoms with Crippen LogP contribution in [0, 0.1) is 0 Å². The molecular weight excluding hydrogens is 388 g/mol. The van der Waals surface area contributed by atoms with Crippen molar-refractivity contribution in [3.8, 4) is 45.9 Å². The van der Waals surface area contributed by atoms with Crippen molar-refractivity contribution in [3.63, 3.8) is 0 Å². The smallest absolute Gasteiger partial charge is 0.248 e. The van der Waals surface area contributed by atoms with Crippen LogP contribution in [0.4, 0.5) is 0 Å². The van der Waals surface area contributed by atoms with Gasteiger partial charge >= 0.3 is 0 Å². The van der Waals surface area contributed by atoms with Gasteiger partial charge in [-0.25, -0.2) is 0 Å². The fourth-order valence-electron chi connectivity index (χ4n) is 3.04. The molecule has 4 aromatic carbocycles. The van der Waals surface area contributed by atoms with Gasteiger partial charge in [-0.15, -0.1) is 10.2 Å². The second kappa shape index (κ2) is 8.55. The summed E-state index contributed by atoms with van der Waals surface area (Å²) in [6, 6.07) is 34.4. The molecule has 0 saturated carbocycles. The van der Waals surface area contributed by atoms with Crippen LogP contribution in [0.3, 0.4) is 0 Å². The van der Waals surface area contributed by atoms with E-state index in [1.54, 1.807) is 0 Å². The summed E-state index contributed by atoms with van der Waals surface area (Å²) in [7, 11) is 0. The van der Waals surface area contributed by atoms with Crippen LogP contribution >= 0.6 is 0 Å². The van der Waals surface area contributed by atoms with Crippen LogP contribution < -0.4 is 9.47 Å². The molecule has 1 heterocycles. The zero-order valence-electron chi connectivity index (χ0n) is 16.5. The lowest BCUT2D eigenvalue weighted by Gasteiger charge is -2.05. The number of ether oxygens (including phenoxy) is 2. The van der Waals surface area contributed by atoms with Gasteiger partial charge in [-0.05, 0) is 72.8 Å². The first-order valence-corrected chi connectivity index (χ1v) is 9.84. The van der Waals surface area contributed by atoms with Crippen LogP contribution in [0.5, 0.6) is 23.0 Å². The number of benzene rings is 4. The molecule has 0 aliphatic rings. The van der Waals surface area contributed by atoms with E-state index in [1.165, 1.54) is 0 Å². The van der Waals surface area contributed by atoms with Crippen LogP contribution in [0.15, 0.2) is 114 Å². The molecule has 0 amide bonds. The van der Waals surface area contributed by atoms with Crippen molar-refractivity contribution in [3.05, 3.63) is 109 Å². The number of rotatable bonds is 6. The lowest BCUT2D eigenvalue weighted by atomic mass is 10.2. The van der Waals surface area contributed by atoms with Crippen LogP contribution in [0.25, 0.3) is 22.9 Å². The molecule has 150 valence electrons. The summed E-state index contributed by atoms with van der Waals surface area (Å²) < 4.78 is 17.5. The van der Waals surface area contributed by atoms with Crippen LogP contribution in [0.2, 0.25) is 0 Å². The Morgan fingerprint density at radius 3 is 1.16 bits per heavy atom. The van der Waals surface area contributed by atoms with E-state index in [4.69, 9.17) is 13.9 Å². The quantitative estimate of drug-likeness (QED) is 0.304. The maximum atomic E-state index is 5.87. The predicted molar refractivity (Wildman–Crippen MR) is 118 cm³/mol. The Morgan fingerprint density at radius 1 is 0.419 bits per heavy atom. The zero-order chi connectivity index (χ0) is 20.9. The molecule has 0 spiro atoms. The van der Waals surface area contributed by atoms with E-state index in [-0.39, 0.29) is 0 Å². The molecule has 0 bridgehead atoms. The van der Waals surface area contributed by atoms with Gasteiger partial charge in [-0.3, -0.25) is 0 Å². The van der Waals surface area contributed by atoms with Gasteiger partial charge in [-0.2, -0.15) is 0 Å². The Hall–Kier alpha value is -4.38. The summed E-state index contributed by atoms with van der Waals surface area (Å²) >= 11 is 0. The first-order chi connectivity index (χ1) is 15.3. The van der Waals surface area contributed by atoms with Gasteiger partial charge in [0.1, 0.15) is 23.0 Å². The van der Waals surface area contributed by atoms with E-state index in [2.05, 4.69) is 10.2 Å². The van der Waals surface area contributed by atoms with Crippen molar-refractivity contribution in [2.45, 2.75) is 0 Å². The first-order valence-electron chi connectivity index (χ1n) is 9.84. The van der Waals surface area contributed by atoms with Crippen molar-refractivity contribution in [2.24, 2.45) is 0 Å². The highest BCUT2D eigenvalue weighted by molar-refractivity contribution is 5.59. The SMILES string of the molecule is c1ccc(Oc2ccc(-c3nnc(-c4ccc(Oc5ccccc5)cc4)o3)cc2)cc1. The van der Waals surface area contributed by atoms with Gasteiger partial charge in [0.15, 0.2) is 0 Å². The molecule has 5 rings (SSSR count). The third kappa shape index (κ3) is 4.46. The monoisotopic (exact) mass is 406 g/mol. The highest BCUT2D eigenvalue weighted by Crippen LogP contribution is 2.29. The third-order valence-electron chi connectivity index (χ3n) is 4.59. The minimum Gasteiger partial charge on any atom is -0.457 e. The van der Waals surface area contributed by atoms with Gasteiger partial charge in [0.25, 0.3) is 0 Å². The minimum absolute atomic E-state index is 0.450. The summed E-state index contributed by atoms with van der Waals surface area (Å²) in [5, 5.41) is 8.36. The maximum absolute atomic E-state index is 5.87. The molecular formula is C26H18N2O3. The van der Waals surface area contributed by atoms with Crippen molar-refractivity contribution in [1.82, 2.24) is 10.2 Å². The molecule has 5 aromatic rings.